The number of carboxylic acid groups (broad SMARTS) is 1. The highest BCUT2D eigenvalue weighted by atomic mass is 16.4. The van der Waals surface area contributed by atoms with E-state index in [1.165, 1.54) is 11.0 Å². The third-order valence-electron chi connectivity index (χ3n) is 4.15. The first-order valence-electron chi connectivity index (χ1n) is 7.21. The monoisotopic (exact) mass is 316 g/mol. The van der Waals surface area contributed by atoms with E-state index in [4.69, 9.17) is 4.42 Å². The standard InChI is InChI=1S/C16H16N2O5/c1-16(14(20)21)6-7-18(9-16)15(22)17-11-3-4-12-10(8-11)2-5-13(19)23-12/h2-5,8H,6-7,9H2,1H3,(H,17,22)(H,20,21). The molecule has 1 aromatic carbocycles. The molecule has 23 heavy (non-hydrogen) atoms. The molecule has 2 amide bonds. The number of fused-ring (bicyclic) bond motifs is 1. The van der Waals surface area contributed by atoms with Crippen molar-refractivity contribution in [2.75, 3.05) is 18.4 Å². The Hall–Kier alpha value is -2.83. The molecule has 1 aliphatic rings. The van der Waals surface area contributed by atoms with Gasteiger partial charge in [0.2, 0.25) is 0 Å². The summed E-state index contributed by atoms with van der Waals surface area (Å²) in [6.07, 6.45) is 0.429. The van der Waals surface area contributed by atoms with Crippen LogP contribution in [0.4, 0.5) is 10.5 Å². The van der Waals surface area contributed by atoms with Crippen molar-refractivity contribution in [2.24, 2.45) is 5.41 Å². The first-order valence-corrected chi connectivity index (χ1v) is 7.21. The maximum absolute atomic E-state index is 12.3. The van der Waals surface area contributed by atoms with E-state index in [2.05, 4.69) is 5.32 Å². The van der Waals surface area contributed by atoms with E-state index in [9.17, 15) is 19.5 Å². The van der Waals surface area contributed by atoms with Crippen molar-refractivity contribution in [1.82, 2.24) is 4.90 Å². The predicted octanol–water partition coefficient (Wildman–Crippen LogP) is 2.12. The van der Waals surface area contributed by atoms with Crippen molar-refractivity contribution in [3.8, 4) is 0 Å². The molecule has 120 valence electrons. The molecule has 1 saturated heterocycles. The molecule has 2 N–H and O–H groups in total. The first kappa shape index (κ1) is 15.1. The van der Waals surface area contributed by atoms with Crippen LogP contribution in [0.5, 0.6) is 0 Å². The smallest absolute Gasteiger partial charge is 0.336 e. The molecule has 0 bridgehead atoms. The zero-order valence-corrected chi connectivity index (χ0v) is 12.5. The van der Waals surface area contributed by atoms with Crippen LogP contribution in [0, 0.1) is 5.41 Å². The lowest BCUT2D eigenvalue weighted by molar-refractivity contribution is -0.146. The Kier molecular flexibility index (Phi) is 3.55. The number of nitrogens with zero attached hydrogens (tertiary/aromatic N) is 1. The van der Waals surface area contributed by atoms with Gasteiger partial charge in [0.15, 0.2) is 0 Å². The fraction of sp³-hybridized carbons (Fsp3) is 0.312. The van der Waals surface area contributed by atoms with E-state index < -0.39 is 17.0 Å². The summed E-state index contributed by atoms with van der Waals surface area (Å²) in [5.41, 5.74) is -0.334. The highest BCUT2D eigenvalue weighted by Crippen LogP contribution is 2.30. The van der Waals surface area contributed by atoms with Gasteiger partial charge in [-0.05, 0) is 37.6 Å². The van der Waals surface area contributed by atoms with Gasteiger partial charge in [-0.25, -0.2) is 9.59 Å². The lowest BCUT2D eigenvalue weighted by Gasteiger charge is -2.20. The van der Waals surface area contributed by atoms with Crippen molar-refractivity contribution in [3.63, 3.8) is 0 Å². The van der Waals surface area contributed by atoms with Crippen molar-refractivity contribution in [2.45, 2.75) is 13.3 Å². The number of carbonyl (C=O) groups is 2. The maximum atomic E-state index is 12.3. The summed E-state index contributed by atoms with van der Waals surface area (Å²) in [7, 11) is 0. The Morgan fingerprint density at radius 3 is 2.78 bits per heavy atom. The highest BCUT2D eigenvalue weighted by molar-refractivity contribution is 5.93. The number of amides is 2. The number of benzene rings is 1. The Balaban J connectivity index is 1.75. The van der Waals surface area contributed by atoms with Gasteiger partial charge >= 0.3 is 17.6 Å². The second-order valence-electron chi connectivity index (χ2n) is 5.97. The molecule has 0 aliphatic carbocycles. The molecule has 1 aliphatic heterocycles. The Labute approximate surface area is 131 Å². The fourth-order valence-corrected chi connectivity index (χ4v) is 2.66. The molecular weight excluding hydrogens is 300 g/mol. The largest absolute Gasteiger partial charge is 0.481 e. The van der Waals surface area contributed by atoms with E-state index >= 15 is 0 Å². The van der Waals surface area contributed by atoms with E-state index in [-0.39, 0.29) is 12.6 Å². The molecule has 0 radical (unpaired) electrons. The minimum atomic E-state index is -0.899. The minimum absolute atomic E-state index is 0.177. The minimum Gasteiger partial charge on any atom is -0.481 e. The number of carboxylic acids is 1. The number of nitrogens with one attached hydrogen (secondary N) is 1. The van der Waals surface area contributed by atoms with E-state index in [0.29, 0.717) is 29.6 Å². The molecule has 1 unspecified atom stereocenters. The van der Waals surface area contributed by atoms with Gasteiger partial charge in [-0.15, -0.1) is 0 Å². The molecule has 1 fully saturated rings. The molecule has 0 saturated carbocycles. The maximum Gasteiger partial charge on any atom is 0.336 e. The molecule has 2 heterocycles. The SMILES string of the molecule is CC1(C(=O)O)CCN(C(=O)Nc2ccc3oc(=O)ccc3c2)C1. The summed E-state index contributed by atoms with van der Waals surface area (Å²) in [4.78, 5) is 36.1. The number of urea groups is 1. The quantitative estimate of drug-likeness (QED) is 0.827. The topological polar surface area (TPSA) is 99.8 Å². The second kappa shape index (κ2) is 5.42. The van der Waals surface area contributed by atoms with Crippen LogP contribution in [-0.4, -0.2) is 35.1 Å². The van der Waals surface area contributed by atoms with E-state index in [1.807, 2.05) is 0 Å². The fourth-order valence-electron chi connectivity index (χ4n) is 2.66. The number of hydrogen-bond acceptors (Lipinski definition) is 4. The zero-order chi connectivity index (χ0) is 16.6. The summed E-state index contributed by atoms with van der Waals surface area (Å²) in [6.45, 7) is 2.22. The molecule has 0 spiro atoms. The van der Waals surface area contributed by atoms with Gasteiger partial charge in [-0.1, -0.05) is 0 Å². The lowest BCUT2D eigenvalue weighted by Crippen LogP contribution is -2.37. The molecule has 3 rings (SSSR count). The predicted molar refractivity (Wildman–Crippen MR) is 83.4 cm³/mol. The van der Waals surface area contributed by atoms with Crippen LogP contribution < -0.4 is 10.9 Å². The van der Waals surface area contributed by atoms with Gasteiger partial charge in [0.25, 0.3) is 0 Å². The highest BCUT2D eigenvalue weighted by Gasteiger charge is 2.42. The van der Waals surface area contributed by atoms with Gasteiger partial charge in [0, 0.05) is 30.2 Å². The summed E-state index contributed by atoms with van der Waals surface area (Å²) >= 11 is 0. The summed E-state index contributed by atoms with van der Waals surface area (Å²) < 4.78 is 5.03. The third-order valence-corrected chi connectivity index (χ3v) is 4.15. The summed E-state index contributed by atoms with van der Waals surface area (Å²) in [6, 6.07) is 7.53. The van der Waals surface area contributed by atoms with Crippen LogP contribution in [-0.2, 0) is 4.79 Å². The number of aliphatic carboxylic acids is 1. The van der Waals surface area contributed by atoms with Gasteiger partial charge < -0.3 is 19.7 Å². The number of anilines is 1. The van der Waals surface area contributed by atoms with Crippen LogP contribution in [0.15, 0.2) is 39.5 Å². The van der Waals surface area contributed by atoms with Gasteiger partial charge in [0.1, 0.15) is 5.58 Å². The normalized spacial score (nSPS) is 20.7. The van der Waals surface area contributed by atoms with Crippen LogP contribution in [0.3, 0.4) is 0 Å². The van der Waals surface area contributed by atoms with E-state index in [1.54, 1.807) is 31.2 Å². The molecule has 2 aromatic rings. The van der Waals surface area contributed by atoms with Crippen molar-refractivity contribution < 1.29 is 19.1 Å². The van der Waals surface area contributed by atoms with Crippen molar-refractivity contribution in [1.29, 1.82) is 0 Å². The summed E-state index contributed by atoms with van der Waals surface area (Å²) in [5.74, 6) is -0.895. The molecular formula is C16H16N2O5. The van der Waals surface area contributed by atoms with Crippen LogP contribution in [0.25, 0.3) is 11.0 Å². The number of rotatable bonds is 2. The van der Waals surface area contributed by atoms with Crippen LogP contribution >= 0.6 is 0 Å². The Bertz CT molecular complexity index is 844. The Morgan fingerprint density at radius 2 is 2.09 bits per heavy atom. The van der Waals surface area contributed by atoms with Gasteiger partial charge in [0.05, 0.1) is 5.41 Å². The molecule has 1 atom stereocenters. The van der Waals surface area contributed by atoms with Gasteiger partial charge in [-0.2, -0.15) is 0 Å². The van der Waals surface area contributed by atoms with Crippen LogP contribution in [0.2, 0.25) is 0 Å². The number of carbonyl (C=O) groups excluding carboxylic acids is 1. The average molecular weight is 316 g/mol. The van der Waals surface area contributed by atoms with Crippen molar-refractivity contribution in [3.05, 3.63) is 40.8 Å². The molecule has 1 aromatic heterocycles. The number of likely N-dealkylation sites (tertiary alicyclic amines) is 1. The van der Waals surface area contributed by atoms with Gasteiger partial charge in [-0.3, -0.25) is 4.79 Å². The Morgan fingerprint density at radius 1 is 1.30 bits per heavy atom. The summed E-state index contributed by atoms with van der Waals surface area (Å²) in [5, 5.41) is 12.6. The molecule has 7 nitrogen and oxygen atoms in total. The lowest BCUT2D eigenvalue weighted by atomic mass is 9.90. The zero-order valence-electron chi connectivity index (χ0n) is 12.5. The average Bonchev–Trinajstić information content (AvgIpc) is 2.91. The molecule has 7 heteroatoms. The van der Waals surface area contributed by atoms with Crippen molar-refractivity contribution >= 4 is 28.7 Å². The first-order chi connectivity index (χ1) is 10.9. The van der Waals surface area contributed by atoms with Crippen LogP contribution in [0.1, 0.15) is 13.3 Å². The number of hydrogen-bond donors (Lipinski definition) is 2. The second-order valence-corrected chi connectivity index (χ2v) is 5.97. The third kappa shape index (κ3) is 2.90. The van der Waals surface area contributed by atoms with E-state index in [0.717, 1.165) is 0 Å².